The van der Waals surface area contributed by atoms with Gasteiger partial charge < -0.3 is 107 Å². The Morgan fingerprint density at radius 2 is 0.992 bits per heavy atom. The first kappa shape index (κ1) is 91.1. The maximum atomic E-state index is 15.3. The number of amides is 14. The second-order valence-corrected chi connectivity index (χ2v) is 30.6. The predicted molar refractivity (Wildman–Crippen MR) is 444 cm³/mol. The number of aliphatic hydroxyl groups is 1. The number of aromatic nitrogens is 2. The Kier molecular flexibility index (Phi) is 34.9. The Balaban J connectivity index is 1.17. The molecule has 1 aliphatic heterocycles. The standard InChI is InChI=1S/C82H108N20O15S/c1-5-46(4)70-81(117)99-64(42-103)72(108)91-41-67(105)92-57(27-17-33-88-82(86)87)73(109)98-63(38-66(84)104)77(113)97-62(37-52-40-90-56-25-14-12-23-54(52)56)79(115)101-69(45(2)3)80(116)95-58(26-15-16-32-83)74(110)96-61(36-51-39-89-55-24-13-11-22-53(51)55)76(112)94-59(31-29-47-18-7-6-8-19-47)75(111)100-65(71(85)107)43-118-44-68(106)93-60(78(114)102-70)35-48-28-30-49-20-9-10-21-50(49)34-48/h6-14,18-25,28,30,34,39-40,45-46,57-65,69-70,89-90,103H,5,15-17,26-27,29,31-33,35-38,41-44,83H2,1-4H3,(H2,84,104)(H2,85,107)(H,91,108)(H,92,105)(H,93,106)(H,94,112)(H,95,116)(H,96,110)(H,97,113)(H,98,109)(H,99,117)(H,100,111)(H,101,115)(H,102,114)(H4,86,87,88)/t46-,57-,58-,59-,60+,61-,62-,63-,64-,65-,69-,70-/m0/s1. The van der Waals surface area contributed by atoms with Crippen molar-refractivity contribution in [2.45, 2.75) is 171 Å². The minimum Gasteiger partial charge on any atom is -0.394 e. The molecule has 8 rings (SSSR count). The maximum absolute atomic E-state index is 15.3. The fourth-order valence-corrected chi connectivity index (χ4v) is 14.4. The molecule has 1 aliphatic rings. The van der Waals surface area contributed by atoms with Crippen molar-refractivity contribution in [2.75, 3.05) is 37.7 Å². The number of benzene rings is 5. The summed E-state index contributed by atoms with van der Waals surface area (Å²) >= 11 is 0.867. The van der Waals surface area contributed by atoms with Gasteiger partial charge in [-0.2, -0.15) is 0 Å². The molecule has 12 atom stereocenters. The summed E-state index contributed by atoms with van der Waals surface area (Å²) in [6.45, 7) is 4.81. The molecule has 1 saturated heterocycles. The molecule has 632 valence electrons. The third-order valence-corrected chi connectivity index (χ3v) is 21.3. The van der Waals surface area contributed by atoms with Crippen molar-refractivity contribution in [3.63, 3.8) is 0 Å². The Morgan fingerprint density at radius 1 is 0.500 bits per heavy atom. The minimum absolute atomic E-state index is 0.0155. The van der Waals surface area contributed by atoms with Gasteiger partial charge >= 0.3 is 0 Å². The number of aromatic amines is 2. The smallest absolute Gasteiger partial charge is 0.245 e. The van der Waals surface area contributed by atoms with Gasteiger partial charge in [0.05, 0.1) is 25.3 Å². The number of aryl methyl sites for hydroxylation is 1. The number of H-pyrrole nitrogens is 2. The largest absolute Gasteiger partial charge is 0.394 e. The molecule has 0 unspecified atom stereocenters. The monoisotopic (exact) mass is 1640 g/mol. The van der Waals surface area contributed by atoms with E-state index in [2.05, 4.69) is 79.1 Å². The second-order valence-electron chi connectivity index (χ2n) is 29.6. The van der Waals surface area contributed by atoms with Gasteiger partial charge in [0.25, 0.3) is 0 Å². The summed E-state index contributed by atoms with van der Waals surface area (Å²) in [5.41, 5.74) is 26.9. The number of carbonyl (C=O) groups excluding carboxylic acids is 14. The summed E-state index contributed by atoms with van der Waals surface area (Å²) in [6.07, 6.45) is 2.51. The number of hydrogen-bond donors (Lipinski definition) is 21. The number of thioether (sulfide) groups is 1. The number of unbranched alkanes of at least 4 members (excludes halogenated alkanes) is 1. The molecule has 36 heteroatoms. The zero-order chi connectivity index (χ0) is 85.5. The summed E-state index contributed by atoms with van der Waals surface area (Å²) in [4.78, 5) is 209. The van der Waals surface area contributed by atoms with Crippen molar-refractivity contribution < 1.29 is 72.2 Å². The van der Waals surface area contributed by atoms with Gasteiger partial charge in [0.15, 0.2) is 5.96 Å². The normalized spacial score (nSPS) is 22.5. The number of aliphatic hydroxyl groups excluding tert-OH is 1. The first-order valence-electron chi connectivity index (χ1n) is 39.3. The molecule has 5 aromatic carbocycles. The van der Waals surface area contributed by atoms with Crippen LogP contribution in [0.3, 0.4) is 0 Å². The van der Waals surface area contributed by atoms with Crippen LogP contribution < -0.4 is 92.1 Å². The fraction of sp³-hybridized carbons (Fsp3) is 0.427. The Hall–Kier alpha value is -12.4. The van der Waals surface area contributed by atoms with Gasteiger partial charge in [-0.25, -0.2) is 0 Å². The number of nitrogens with two attached hydrogens (primary N) is 4. The summed E-state index contributed by atoms with van der Waals surface area (Å²) in [6, 6.07) is 19.0. The van der Waals surface area contributed by atoms with Gasteiger partial charge in [-0.1, -0.05) is 143 Å². The van der Waals surface area contributed by atoms with Crippen LogP contribution in [0.15, 0.2) is 134 Å². The van der Waals surface area contributed by atoms with Gasteiger partial charge in [-0.3, -0.25) is 72.5 Å². The van der Waals surface area contributed by atoms with E-state index in [0.29, 0.717) is 44.9 Å². The first-order chi connectivity index (χ1) is 56.5. The van der Waals surface area contributed by atoms with Crippen molar-refractivity contribution in [3.8, 4) is 0 Å². The average molecular weight is 1650 g/mol. The number of nitrogens with one attached hydrogen (secondary N) is 16. The number of fused-ring (bicyclic) bond motifs is 3. The topological polar surface area (TPSA) is 575 Å². The van der Waals surface area contributed by atoms with Crippen LogP contribution in [0.25, 0.3) is 32.6 Å². The molecule has 35 nitrogen and oxygen atoms in total. The van der Waals surface area contributed by atoms with E-state index in [9.17, 15) is 53.1 Å². The lowest BCUT2D eigenvalue weighted by Crippen LogP contribution is -2.61. The molecule has 118 heavy (non-hydrogen) atoms. The number of rotatable bonds is 24. The van der Waals surface area contributed by atoms with Crippen LogP contribution in [0.2, 0.25) is 0 Å². The molecule has 25 N–H and O–H groups in total. The van der Waals surface area contributed by atoms with E-state index in [0.717, 1.165) is 28.1 Å². The van der Waals surface area contributed by atoms with Crippen molar-refractivity contribution in [3.05, 3.63) is 156 Å². The van der Waals surface area contributed by atoms with E-state index < -0.39 is 192 Å². The number of para-hydroxylation sites is 2. The van der Waals surface area contributed by atoms with E-state index in [1.54, 1.807) is 107 Å². The van der Waals surface area contributed by atoms with Crippen molar-refractivity contribution in [1.29, 1.82) is 5.41 Å². The summed E-state index contributed by atoms with van der Waals surface area (Å²) in [5, 5.41) is 55.5. The summed E-state index contributed by atoms with van der Waals surface area (Å²) in [7, 11) is 0. The third-order valence-electron chi connectivity index (χ3n) is 20.3. The van der Waals surface area contributed by atoms with Crippen LogP contribution >= 0.6 is 11.8 Å². The van der Waals surface area contributed by atoms with Crippen LogP contribution in [-0.4, -0.2) is 208 Å². The highest BCUT2D eigenvalue weighted by molar-refractivity contribution is 8.00. The molecular weight excluding hydrogens is 1540 g/mol. The quantitative estimate of drug-likeness (QED) is 0.0198. The average Bonchev–Trinajstić information content (AvgIpc) is 1.67. The molecule has 14 amide bonds. The van der Waals surface area contributed by atoms with Crippen molar-refractivity contribution >= 4 is 133 Å². The van der Waals surface area contributed by atoms with Crippen LogP contribution in [0.1, 0.15) is 101 Å². The van der Waals surface area contributed by atoms with E-state index in [-0.39, 0.29) is 83.1 Å². The summed E-state index contributed by atoms with van der Waals surface area (Å²) < 4.78 is 0. The Bertz CT molecular complexity index is 4710. The van der Waals surface area contributed by atoms with E-state index in [4.69, 9.17) is 28.3 Å². The van der Waals surface area contributed by atoms with Crippen LogP contribution in [0.4, 0.5) is 0 Å². The molecule has 0 aliphatic carbocycles. The molecule has 0 bridgehead atoms. The van der Waals surface area contributed by atoms with Crippen molar-refractivity contribution in [1.82, 2.24) is 79.1 Å². The maximum Gasteiger partial charge on any atom is 0.245 e. The van der Waals surface area contributed by atoms with Crippen molar-refractivity contribution in [2.24, 2.45) is 34.8 Å². The molecule has 0 spiro atoms. The van der Waals surface area contributed by atoms with E-state index in [1.807, 2.05) is 54.6 Å². The molecule has 1 fully saturated rings. The van der Waals surface area contributed by atoms with E-state index in [1.165, 1.54) is 0 Å². The van der Waals surface area contributed by atoms with Gasteiger partial charge in [-0.15, -0.1) is 11.8 Å². The molecule has 3 heterocycles. The van der Waals surface area contributed by atoms with Gasteiger partial charge in [0.1, 0.15) is 66.5 Å². The molecular formula is C82H108N20O15S. The first-order valence-corrected chi connectivity index (χ1v) is 40.4. The van der Waals surface area contributed by atoms with Gasteiger partial charge in [-0.05, 0) is 108 Å². The molecule has 0 radical (unpaired) electrons. The second kappa shape index (κ2) is 45.2. The number of guanidine groups is 1. The Labute approximate surface area is 686 Å². The molecule has 0 saturated carbocycles. The Morgan fingerprint density at radius 3 is 1.58 bits per heavy atom. The minimum atomic E-state index is -1.87. The van der Waals surface area contributed by atoms with Gasteiger partial charge in [0.2, 0.25) is 82.7 Å². The lowest BCUT2D eigenvalue weighted by atomic mass is 9.96. The van der Waals surface area contributed by atoms with Crippen LogP contribution in [0.5, 0.6) is 0 Å². The summed E-state index contributed by atoms with van der Waals surface area (Å²) in [5.74, 6) is -16.1. The third kappa shape index (κ3) is 27.4. The van der Waals surface area contributed by atoms with Crippen LogP contribution in [-0.2, 0) is 92.8 Å². The van der Waals surface area contributed by atoms with E-state index >= 15 is 19.2 Å². The lowest BCUT2D eigenvalue weighted by Gasteiger charge is -2.29. The number of hydrogen-bond acceptors (Lipinski definition) is 18. The number of primary amides is 2. The SMILES string of the molecule is CC[C@H](C)[C@@H]1NC(=O)[C@@H](Cc2ccc3ccccc3c2)NC(=O)CSC[C@@H](C(N)=O)NC(=O)[C@H](CCc2ccccc2)NC(=O)[C@H](Cc2c[nH]c3ccccc23)NC(=O)[C@H](CCCCN)NC(=O)[C@H](C(C)C)NC(=O)[C@H](Cc2c[nH]c3ccccc23)NC(=O)[C@H](CC(N)=O)NC(=O)[C@H](CCCNC(=N)N)NC(=O)CNC(=O)[C@H](CO)NC1=O. The predicted octanol–water partition coefficient (Wildman–Crippen LogP) is -0.894. The van der Waals surface area contributed by atoms with Crippen LogP contribution in [0, 0.1) is 17.2 Å². The molecule has 2 aromatic heterocycles. The highest BCUT2D eigenvalue weighted by Crippen LogP contribution is 2.24. The highest BCUT2D eigenvalue weighted by atomic mass is 32.2. The zero-order valence-electron chi connectivity index (χ0n) is 66.3. The van der Waals surface area contributed by atoms with Gasteiger partial charge in [0, 0.05) is 65.8 Å². The molecule has 7 aromatic rings. The fourth-order valence-electron chi connectivity index (χ4n) is 13.5. The number of carbonyl (C=O) groups is 14. The zero-order valence-corrected chi connectivity index (χ0v) is 67.1. The lowest BCUT2D eigenvalue weighted by molar-refractivity contribution is -0.137. The highest BCUT2D eigenvalue weighted by Gasteiger charge is 2.39.